The van der Waals surface area contributed by atoms with Crippen LogP contribution in [0.4, 0.5) is 0 Å². The Morgan fingerprint density at radius 2 is 1.95 bits per heavy atom. The average Bonchev–Trinajstić information content (AvgIpc) is 2.35. The monoisotopic (exact) mass is 263 g/mol. The Balaban J connectivity index is 2.98. The number of hydrogen-bond acceptors (Lipinski definition) is 3. The molecular weight excluding hydrogens is 242 g/mol. The van der Waals surface area contributed by atoms with Crippen LogP contribution in [0.1, 0.15) is 43.4 Å². The number of benzene rings is 1. The van der Waals surface area contributed by atoms with Crippen LogP contribution in [0.3, 0.4) is 0 Å². The largest absolute Gasteiger partial charge is 0.496 e. The molecule has 0 aliphatic carbocycles. The summed E-state index contributed by atoms with van der Waals surface area (Å²) < 4.78 is 5.36. The van der Waals surface area contributed by atoms with Crippen molar-refractivity contribution in [3.63, 3.8) is 0 Å². The molecule has 1 amide bonds. The van der Waals surface area contributed by atoms with E-state index in [1.807, 2.05) is 19.1 Å². The topological polar surface area (TPSA) is 55.4 Å². The number of aryl methyl sites for hydroxylation is 1. The van der Waals surface area contributed by atoms with Gasteiger partial charge in [0.2, 0.25) is 5.78 Å². The summed E-state index contributed by atoms with van der Waals surface area (Å²) >= 11 is 0. The summed E-state index contributed by atoms with van der Waals surface area (Å²) in [5, 5.41) is 2.61. The lowest BCUT2D eigenvalue weighted by Crippen LogP contribution is -2.28. The summed E-state index contributed by atoms with van der Waals surface area (Å²) in [6, 6.07) is 3.99. The summed E-state index contributed by atoms with van der Waals surface area (Å²) in [4.78, 5) is 22.2. The lowest BCUT2D eigenvalue weighted by Gasteiger charge is -2.16. The normalized spacial score (nSPS) is 10.4. The molecule has 0 bridgehead atoms. The molecule has 0 spiro atoms. The highest BCUT2D eigenvalue weighted by molar-refractivity contribution is 6.35. The van der Waals surface area contributed by atoms with Gasteiger partial charge in [0.05, 0.1) is 7.11 Å². The molecule has 0 aromatic heterocycles. The minimum atomic E-state index is -0.554. The maximum Gasteiger partial charge on any atom is 0.287 e. The van der Waals surface area contributed by atoms with Crippen LogP contribution in [0.15, 0.2) is 12.1 Å². The first-order valence-corrected chi connectivity index (χ1v) is 6.33. The van der Waals surface area contributed by atoms with Gasteiger partial charge in [-0.2, -0.15) is 0 Å². The molecular formula is C15H21NO3. The van der Waals surface area contributed by atoms with Crippen molar-refractivity contribution in [2.45, 2.75) is 40.2 Å². The van der Waals surface area contributed by atoms with Gasteiger partial charge in [0.25, 0.3) is 5.91 Å². The van der Waals surface area contributed by atoms with E-state index in [4.69, 9.17) is 4.74 Å². The van der Waals surface area contributed by atoms with E-state index in [-0.39, 0.29) is 0 Å². The second-order valence-electron chi connectivity index (χ2n) is 4.91. The number of rotatable bonds is 5. The van der Waals surface area contributed by atoms with Crippen molar-refractivity contribution in [1.29, 1.82) is 0 Å². The standard InChI is InChI=1S/C15H21NO3/c1-9(2)13-7-12(8-16-15(18)11(4)17)10(3)6-14(13)19-5/h6-7,9H,8H2,1-5H3,(H,16,18). The maximum atomic E-state index is 11.3. The van der Waals surface area contributed by atoms with E-state index in [0.29, 0.717) is 12.5 Å². The second-order valence-corrected chi connectivity index (χ2v) is 4.91. The fourth-order valence-corrected chi connectivity index (χ4v) is 1.86. The molecule has 1 rings (SSSR count). The van der Waals surface area contributed by atoms with Gasteiger partial charge in [0.15, 0.2) is 0 Å². The van der Waals surface area contributed by atoms with Gasteiger partial charge in [0.1, 0.15) is 5.75 Å². The molecule has 0 aliphatic heterocycles. The minimum absolute atomic E-state index is 0.331. The maximum absolute atomic E-state index is 11.3. The molecule has 1 aromatic carbocycles. The summed E-state index contributed by atoms with van der Waals surface area (Å²) in [6.45, 7) is 7.75. The molecule has 0 saturated carbocycles. The van der Waals surface area contributed by atoms with Gasteiger partial charge >= 0.3 is 0 Å². The Labute approximate surface area is 114 Å². The van der Waals surface area contributed by atoms with Crippen LogP contribution in [0, 0.1) is 6.92 Å². The highest BCUT2D eigenvalue weighted by Crippen LogP contribution is 2.29. The Morgan fingerprint density at radius 3 is 2.42 bits per heavy atom. The molecule has 1 aromatic rings. The predicted molar refractivity (Wildman–Crippen MR) is 74.3 cm³/mol. The van der Waals surface area contributed by atoms with Crippen LogP contribution in [-0.2, 0) is 16.1 Å². The quantitative estimate of drug-likeness (QED) is 0.829. The molecule has 0 atom stereocenters. The van der Waals surface area contributed by atoms with Gasteiger partial charge in [0, 0.05) is 13.5 Å². The number of ketones is 1. The van der Waals surface area contributed by atoms with Crippen LogP contribution in [0.25, 0.3) is 0 Å². The lowest BCUT2D eigenvalue weighted by atomic mass is 9.96. The Kier molecular flexibility index (Phi) is 5.10. The van der Waals surface area contributed by atoms with Crippen molar-refractivity contribution in [1.82, 2.24) is 5.32 Å². The molecule has 104 valence electrons. The number of hydrogen-bond donors (Lipinski definition) is 1. The van der Waals surface area contributed by atoms with E-state index in [9.17, 15) is 9.59 Å². The van der Waals surface area contributed by atoms with Gasteiger partial charge in [-0.15, -0.1) is 0 Å². The van der Waals surface area contributed by atoms with Crippen molar-refractivity contribution >= 4 is 11.7 Å². The van der Waals surface area contributed by atoms with Gasteiger partial charge < -0.3 is 10.1 Å². The molecule has 0 saturated heterocycles. The van der Waals surface area contributed by atoms with E-state index in [0.717, 1.165) is 22.4 Å². The number of ether oxygens (including phenoxy) is 1. The van der Waals surface area contributed by atoms with E-state index in [1.165, 1.54) is 6.92 Å². The summed E-state index contributed by atoms with van der Waals surface area (Å²) in [7, 11) is 1.65. The van der Waals surface area contributed by atoms with Crippen molar-refractivity contribution in [3.05, 3.63) is 28.8 Å². The van der Waals surface area contributed by atoms with Crippen molar-refractivity contribution in [2.24, 2.45) is 0 Å². The van der Waals surface area contributed by atoms with E-state index < -0.39 is 11.7 Å². The molecule has 4 heteroatoms. The number of Topliss-reactive ketones (excluding diaryl/α,β-unsaturated/α-hetero) is 1. The third-order valence-electron chi connectivity index (χ3n) is 3.07. The molecule has 1 N–H and O–H groups in total. The molecule has 4 nitrogen and oxygen atoms in total. The minimum Gasteiger partial charge on any atom is -0.496 e. The molecule has 0 heterocycles. The van der Waals surface area contributed by atoms with Gasteiger partial charge in [-0.3, -0.25) is 9.59 Å². The highest BCUT2D eigenvalue weighted by Gasteiger charge is 2.12. The van der Waals surface area contributed by atoms with Crippen molar-refractivity contribution in [2.75, 3.05) is 7.11 Å². The summed E-state index contributed by atoms with van der Waals surface area (Å²) in [6.07, 6.45) is 0. The number of methoxy groups -OCH3 is 1. The lowest BCUT2D eigenvalue weighted by molar-refractivity contribution is -0.136. The number of amides is 1. The fraction of sp³-hybridized carbons (Fsp3) is 0.467. The zero-order valence-corrected chi connectivity index (χ0v) is 12.2. The van der Waals surface area contributed by atoms with E-state index in [2.05, 4.69) is 19.2 Å². The second kappa shape index (κ2) is 6.36. The van der Waals surface area contributed by atoms with Crippen molar-refractivity contribution in [3.8, 4) is 5.75 Å². The van der Waals surface area contributed by atoms with Crippen LogP contribution in [0.2, 0.25) is 0 Å². The highest BCUT2D eigenvalue weighted by atomic mass is 16.5. The number of nitrogens with one attached hydrogen (secondary N) is 1. The van der Waals surface area contributed by atoms with Gasteiger partial charge in [-0.05, 0) is 41.7 Å². The van der Waals surface area contributed by atoms with Crippen LogP contribution in [-0.4, -0.2) is 18.8 Å². The van der Waals surface area contributed by atoms with Crippen molar-refractivity contribution < 1.29 is 14.3 Å². The third kappa shape index (κ3) is 3.81. The molecule has 0 unspecified atom stereocenters. The van der Waals surface area contributed by atoms with E-state index in [1.54, 1.807) is 7.11 Å². The SMILES string of the molecule is COc1cc(C)c(CNC(=O)C(C)=O)cc1C(C)C. The van der Waals surface area contributed by atoms with Crippen LogP contribution >= 0.6 is 0 Å². The van der Waals surface area contributed by atoms with Gasteiger partial charge in [-0.1, -0.05) is 13.8 Å². The number of carbonyl (C=O) groups excluding carboxylic acids is 2. The smallest absolute Gasteiger partial charge is 0.287 e. The Hall–Kier alpha value is -1.84. The molecule has 0 aliphatic rings. The van der Waals surface area contributed by atoms with Gasteiger partial charge in [-0.25, -0.2) is 0 Å². The molecule has 0 radical (unpaired) electrons. The number of carbonyl (C=O) groups is 2. The van der Waals surface area contributed by atoms with E-state index >= 15 is 0 Å². The molecule has 0 fully saturated rings. The van der Waals surface area contributed by atoms with Crippen LogP contribution < -0.4 is 10.1 Å². The first-order chi connectivity index (χ1) is 8.86. The zero-order chi connectivity index (χ0) is 14.6. The Bertz CT molecular complexity index is 492. The Morgan fingerprint density at radius 1 is 1.32 bits per heavy atom. The molecule has 19 heavy (non-hydrogen) atoms. The average molecular weight is 263 g/mol. The summed E-state index contributed by atoms with van der Waals surface area (Å²) in [5.41, 5.74) is 3.13. The third-order valence-corrected chi connectivity index (χ3v) is 3.07. The fourth-order valence-electron chi connectivity index (χ4n) is 1.86. The summed E-state index contributed by atoms with van der Waals surface area (Å²) in [5.74, 6) is 0.156. The van der Waals surface area contributed by atoms with Crippen LogP contribution in [0.5, 0.6) is 5.75 Å². The first-order valence-electron chi connectivity index (χ1n) is 6.33. The zero-order valence-electron chi connectivity index (χ0n) is 12.2. The predicted octanol–water partition coefficient (Wildman–Crippen LogP) is 2.33. The first kappa shape index (κ1) is 15.2.